The van der Waals surface area contributed by atoms with E-state index in [-0.39, 0.29) is 31.1 Å². The molecule has 72 heavy (non-hydrogen) atoms. The molecule has 0 saturated heterocycles. The van der Waals surface area contributed by atoms with Gasteiger partial charge in [-0.15, -0.1) is 0 Å². The molecular weight excluding hydrogens is 889 g/mol. The van der Waals surface area contributed by atoms with Crippen molar-refractivity contribution < 1.29 is 28.6 Å². The molecule has 1 atom stereocenters. The second-order valence-electron chi connectivity index (χ2n) is 21.0. The van der Waals surface area contributed by atoms with Crippen molar-refractivity contribution in [2.45, 2.75) is 329 Å². The molecule has 0 fully saturated rings. The molecule has 0 spiro atoms. The van der Waals surface area contributed by atoms with Crippen molar-refractivity contribution in [3.8, 4) is 0 Å². The van der Waals surface area contributed by atoms with E-state index in [0.717, 1.165) is 89.9 Å². The van der Waals surface area contributed by atoms with Crippen LogP contribution in [0.5, 0.6) is 0 Å². The van der Waals surface area contributed by atoms with Crippen molar-refractivity contribution >= 4 is 17.9 Å². The average Bonchev–Trinajstić information content (AvgIpc) is 3.38. The third kappa shape index (κ3) is 58.0. The first kappa shape index (κ1) is 69.1. The number of hydrogen-bond donors (Lipinski definition) is 0. The first-order valence-electron chi connectivity index (χ1n) is 31.3. The summed E-state index contributed by atoms with van der Waals surface area (Å²) in [6.07, 6.45) is 76.5. The van der Waals surface area contributed by atoms with Crippen LogP contribution < -0.4 is 0 Å². The highest BCUT2D eigenvalue weighted by atomic mass is 16.6. The van der Waals surface area contributed by atoms with Crippen LogP contribution in [0.2, 0.25) is 0 Å². The number of esters is 3. The van der Waals surface area contributed by atoms with E-state index in [0.29, 0.717) is 19.3 Å². The number of hydrogen-bond acceptors (Lipinski definition) is 6. The smallest absolute Gasteiger partial charge is 0.306 e. The van der Waals surface area contributed by atoms with E-state index >= 15 is 0 Å². The Bertz CT molecular complexity index is 1290. The molecule has 0 aliphatic rings. The predicted molar refractivity (Wildman–Crippen MR) is 312 cm³/mol. The zero-order chi connectivity index (χ0) is 52.2. The van der Waals surface area contributed by atoms with Crippen LogP contribution >= 0.6 is 0 Å². The molecule has 0 rings (SSSR count). The monoisotopic (exact) mass is 1010 g/mol. The molecule has 0 aliphatic heterocycles. The molecule has 418 valence electrons. The van der Waals surface area contributed by atoms with Crippen molar-refractivity contribution in [2.75, 3.05) is 13.2 Å². The summed E-state index contributed by atoms with van der Waals surface area (Å²) in [6, 6.07) is 0. The fourth-order valence-corrected chi connectivity index (χ4v) is 8.97. The lowest BCUT2D eigenvalue weighted by atomic mass is 10.0. The highest BCUT2D eigenvalue weighted by molar-refractivity contribution is 5.71. The summed E-state index contributed by atoms with van der Waals surface area (Å²) >= 11 is 0. The van der Waals surface area contributed by atoms with Gasteiger partial charge in [0.15, 0.2) is 6.10 Å². The van der Waals surface area contributed by atoms with Gasteiger partial charge in [0, 0.05) is 19.3 Å². The van der Waals surface area contributed by atoms with Crippen LogP contribution in [0.15, 0.2) is 60.8 Å². The number of allylic oxidation sites excluding steroid dienone is 10. The lowest BCUT2D eigenvalue weighted by Crippen LogP contribution is -2.30. The van der Waals surface area contributed by atoms with Crippen LogP contribution in [0.1, 0.15) is 323 Å². The molecule has 0 aliphatic carbocycles. The SMILES string of the molecule is CCCCCC/C=C\CCCCCCCC(=O)OCC(COC(=O)CCCCCCCCCCCCCC/C=C\C/C=C\C/C=C\CCCCCCC)OC(=O)CCCCCCC/C=C\CCCCCCC. The molecule has 0 radical (unpaired) electrons. The van der Waals surface area contributed by atoms with Gasteiger partial charge in [-0.25, -0.2) is 0 Å². The zero-order valence-corrected chi connectivity index (χ0v) is 47.9. The molecule has 0 aromatic rings. The van der Waals surface area contributed by atoms with Crippen molar-refractivity contribution in [1.82, 2.24) is 0 Å². The molecule has 6 nitrogen and oxygen atoms in total. The first-order valence-corrected chi connectivity index (χ1v) is 31.3. The van der Waals surface area contributed by atoms with Crippen LogP contribution in [0.25, 0.3) is 0 Å². The summed E-state index contributed by atoms with van der Waals surface area (Å²) < 4.78 is 16.9. The van der Waals surface area contributed by atoms with Gasteiger partial charge in [0.25, 0.3) is 0 Å². The van der Waals surface area contributed by atoms with Crippen LogP contribution in [-0.2, 0) is 28.6 Å². The van der Waals surface area contributed by atoms with Gasteiger partial charge in [-0.05, 0) is 109 Å². The summed E-state index contributed by atoms with van der Waals surface area (Å²) in [5.74, 6) is -0.886. The van der Waals surface area contributed by atoms with Gasteiger partial charge in [0.2, 0.25) is 0 Å². The molecule has 1 unspecified atom stereocenters. The Hall–Kier alpha value is -2.89. The zero-order valence-electron chi connectivity index (χ0n) is 47.9. The summed E-state index contributed by atoms with van der Waals surface area (Å²) in [6.45, 7) is 6.62. The fraction of sp³-hybridized carbons (Fsp3) is 0.803. The molecule has 6 heteroatoms. The Morgan fingerprint density at radius 2 is 0.500 bits per heavy atom. The highest BCUT2D eigenvalue weighted by Gasteiger charge is 2.19. The maximum atomic E-state index is 12.9. The second-order valence-corrected chi connectivity index (χ2v) is 21.0. The maximum absolute atomic E-state index is 12.9. The number of rotatable bonds is 57. The van der Waals surface area contributed by atoms with Crippen LogP contribution in [0.3, 0.4) is 0 Å². The lowest BCUT2D eigenvalue weighted by molar-refractivity contribution is -0.167. The van der Waals surface area contributed by atoms with E-state index in [1.807, 2.05) is 0 Å². The number of unbranched alkanes of at least 4 members (excludes halogenated alkanes) is 36. The summed E-state index contributed by atoms with van der Waals surface area (Å²) in [5, 5.41) is 0. The van der Waals surface area contributed by atoms with E-state index < -0.39 is 6.10 Å². The van der Waals surface area contributed by atoms with Gasteiger partial charge in [-0.2, -0.15) is 0 Å². The van der Waals surface area contributed by atoms with Crippen molar-refractivity contribution in [3.63, 3.8) is 0 Å². The van der Waals surface area contributed by atoms with Crippen molar-refractivity contribution in [1.29, 1.82) is 0 Å². The number of carbonyl (C=O) groups is 3. The minimum absolute atomic E-state index is 0.0794. The van der Waals surface area contributed by atoms with Gasteiger partial charge < -0.3 is 14.2 Å². The third-order valence-electron chi connectivity index (χ3n) is 13.7. The van der Waals surface area contributed by atoms with Gasteiger partial charge >= 0.3 is 17.9 Å². The largest absolute Gasteiger partial charge is 0.462 e. The van der Waals surface area contributed by atoms with Gasteiger partial charge in [0.1, 0.15) is 13.2 Å². The molecule has 0 aromatic heterocycles. The Morgan fingerprint density at radius 1 is 0.278 bits per heavy atom. The Kier molecular flexibility index (Phi) is 58.2. The van der Waals surface area contributed by atoms with Gasteiger partial charge in [-0.3, -0.25) is 14.4 Å². The molecule has 0 N–H and O–H groups in total. The Balaban J connectivity index is 4.24. The van der Waals surface area contributed by atoms with E-state index in [4.69, 9.17) is 14.2 Å². The molecule has 0 aromatic carbocycles. The third-order valence-corrected chi connectivity index (χ3v) is 13.7. The standard InChI is InChI=1S/C66H118O6/c1-4-7-10-13-16-19-22-25-27-28-29-30-31-32-33-34-35-36-37-38-39-42-44-47-50-53-56-59-65(68)71-62-63(61-70-64(67)58-55-52-49-46-43-40-24-21-18-15-12-9-6-3)72-66(69)60-57-54-51-48-45-41-26-23-20-17-14-11-8-5-2/h21-26,28-29,31-32,63H,4-20,27,30,33-62H2,1-3H3/b24-21-,25-22-,26-23-,29-28-,32-31-. The normalized spacial score (nSPS) is 12.4. The minimum atomic E-state index is -0.782. The molecule has 0 saturated carbocycles. The van der Waals surface area contributed by atoms with Crippen molar-refractivity contribution in [2.24, 2.45) is 0 Å². The molecule has 0 amide bonds. The van der Waals surface area contributed by atoms with Gasteiger partial charge in [-0.1, -0.05) is 255 Å². The maximum Gasteiger partial charge on any atom is 0.306 e. The minimum Gasteiger partial charge on any atom is -0.462 e. The van der Waals surface area contributed by atoms with Crippen molar-refractivity contribution in [3.05, 3.63) is 60.8 Å². The Morgan fingerprint density at radius 3 is 0.806 bits per heavy atom. The van der Waals surface area contributed by atoms with E-state index in [9.17, 15) is 14.4 Å². The van der Waals surface area contributed by atoms with E-state index in [1.165, 1.54) is 193 Å². The lowest BCUT2D eigenvalue weighted by Gasteiger charge is -2.18. The second kappa shape index (κ2) is 60.7. The van der Waals surface area contributed by atoms with E-state index in [2.05, 4.69) is 81.5 Å². The average molecular weight is 1010 g/mol. The van der Waals surface area contributed by atoms with Crippen LogP contribution in [-0.4, -0.2) is 37.2 Å². The van der Waals surface area contributed by atoms with E-state index in [1.54, 1.807) is 0 Å². The molecular formula is C66H118O6. The number of ether oxygens (including phenoxy) is 3. The van der Waals surface area contributed by atoms with Gasteiger partial charge in [0.05, 0.1) is 0 Å². The number of carbonyl (C=O) groups excluding carboxylic acids is 3. The highest BCUT2D eigenvalue weighted by Crippen LogP contribution is 2.16. The summed E-state index contributed by atoms with van der Waals surface area (Å²) in [4.78, 5) is 38.2. The van der Waals surface area contributed by atoms with Crippen LogP contribution in [0.4, 0.5) is 0 Å². The first-order chi connectivity index (χ1) is 35.5. The summed E-state index contributed by atoms with van der Waals surface area (Å²) in [5.41, 5.74) is 0. The van der Waals surface area contributed by atoms with Crippen LogP contribution in [0, 0.1) is 0 Å². The quantitative estimate of drug-likeness (QED) is 0.0261. The Labute approximate surface area is 447 Å². The topological polar surface area (TPSA) is 78.9 Å². The summed E-state index contributed by atoms with van der Waals surface area (Å²) in [7, 11) is 0. The fourth-order valence-electron chi connectivity index (χ4n) is 8.97. The molecule has 0 heterocycles. The predicted octanol–water partition coefficient (Wildman–Crippen LogP) is 21.2. The molecule has 0 bridgehead atoms.